The Morgan fingerprint density at radius 3 is 2.88 bits per heavy atom. The molecule has 0 aliphatic rings. The van der Waals surface area contributed by atoms with Crippen molar-refractivity contribution in [2.75, 3.05) is 12.9 Å². The zero-order chi connectivity index (χ0) is 12.8. The lowest BCUT2D eigenvalue weighted by molar-refractivity contribution is -0.385. The monoisotopic (exact) mass is 252 g/mol. The molecule has 88 valence electrons. The fourth-order valence-electron chi connectivity index (χ4n) is 1.03. The number of benzene rings is 1. The Kier molecular flexibility index (Phi) is 4.48. The van der Waals surface area contributed by atoms with Crippen LogP contribution in [0.3, 0.4) is 0 Å². The lowest BCUT2D eigenvalue weighted by Crippen LogP contribution is -2.03. The van der Waals surface area contributed by atoms with E-state index in [0.29, 0.717) is 10.5 Å². The molecule has 6 nitrogen and oxygen atoms in total. The quantitative estimate of drug-likeness (QED) is 0.350. The van der Waals surface area contributed by atoms with Crippen LogP contribution in [0.2, 0.25) is 0 Å². The van der Waals surface area contributed by atoms with Crippen LogP contribution in [0.5, 0.6) is 0 Å². The fraction of sp³-hybridized carbons (Fsp3) is 0.200. The van der Waals surface area contributed by atoms with E-state index in [-0.39, 0.29) is 11.4 Å². The van der Waals surface area contributed by atoms with Gasteiger partial charge in [0.05, 0.1) is 23.3 Å². The molecule has 0 aromatic heterocycles. The largest absolute Gasteiger partial charge is 0.468 e. The lowest BCUT2D eigenvalue weighted by atomic mass is 10.2. The van der Waals surface area contributed by atoms with Gasteiger partial charge in [-0.1, -0.05) is 0 Å². The Labute approximate surface area is 101 Å². The van der Waals surface area contributed by atoms with E-state index in [1.165, 1.54) is 25.3 Å². The van der Waals surface area contributed by atoms with Gasteiger partial charge in [0.2, 0.25) is 0 Å². The van der Waals surface area contributed by atoms with Gasteiger partial charge in [0.1, 0.15) is 6.07 Å². The molecule has 0 radical (unpaired) electrons. The topological polar surface area (TPSA) is 93.2 Å². The van der Waals surface area contributed by atoms with E-state index < -0.39 is 10.9 Å². The van der Waals surface area contributed by atoms with Crippen LogP contribution >= 0.6 is 11.8 Å². The molecule has 0 atom stereocenters. The summed E-state index contributed by atoms with van der Waals surface area (Å²) in [6.45, 7) is 0. The predicted molar refractivity (Wildman–Crippen MR) is 60.6 cm³/mol. The van der Waals surface area contributed by atoms with Gasteiger partial charge in [0.15, 0.2) is 0 Å². The normalized spacial score (nSPS) is 9.41. The van der Waals surface area contributed by atoms with Crippen LogP contribution in [0.25, 0.3) is 0 Å². The first-order valence-corrected chi connectivity index (χ1v) is 5.45. The van der Waals surface area contributed by atoms with E-state index in [4.69, 9.17) is 5.26 Å². The number of non-ortho nitro benzene ring substituents is 1. The van der Waals surface area contributed by atoms with Crippen molar-refractivity contribution < 1.29 is 14.5 Å². The first-order valence-electron chi connectivity index (χ1n) is 4.46. The average molecular weight is 252 g/mol. The van der Waals surface area contributed by atoms with Crippen molar-refractivity contribution in [2.45, 2.75) is 4.90 Å². The summed E-state index contributed by atoms with van der Waals surface area (Å²) < 4.78 is 4.45. The Balaban J connectivity index is 2.95. The summed E-state index contributed by atoms with van der Waals surface area (Å²) in [5.74, 6) is -0.447. The molecule has 17 heavy (non-hydrogen) atoms. The molecule has 0 N–H and O–H groups in total. The van der Waals surface area contributed by atoms with Gasteiger partial charge >= 0.3 is 5.97 Å². The lowest BCUT2D eigenvalue weighted by Gasteiger charge is -2.02. The van der Waals surface area contributed by atoms with Crippen molar-refractivity contribution in [2.24, 2.45) is 0 Å². The first kappa shape index (κ1) is 13.0. The second kappa shape index (κ2) is 5.86. The minimum Gasteiger partial charge on any atom is -0.468 e. The predicted octanol–water partition coefficient (Wildman–Crippen LogP) is 1.73. The number of hydrogen-bond donors (Lipinski definition) is 0. The molecule has 0 unspecified atom stereocenters. The number of methoxy groups -OCH3 is 1. The number of nitriles is 1. The number of carbonyl (C=O) groups is 1. The number of rotatable bonds is 4. The summed E-state index contributed by atoms with van der Waals surface area (Å²) >= 11 is 1.03. The Bertz CT molecular complexity index is 496. The standard InChI is InChI=1S/C10H8N2O4S/c1-16-10(13)6-17-9-4-8(12(14)15)3-2-7(9)5-11/h2-4H,6H2,1H3. The maximum Gasteiger partial charge on any atom is 0.315 e. The third kappa shape index (κ3) is 3.46. The molecule has 1 aromatic rings. The van der Waals surface area contributed by atoms with Crippen LogP contribution < -0.4 is 0 Å². The van der Waals surface area contributed by atoms with Crippen molar-refractivity contribution in [1.82, 2.24) is 0 Å². The van der Waals surface area contributed by atoms with Gasteiger partial charge in [-0.15, -0.1) is 11.8 Å². The molecular weight excluding hydrogens is 244 g/mol. The number of nitro benzene ring substituents is 1. The van der Waals surface area contributed by atoms with Crippen LogP contribution in [0, 0.1) is 21.4 Å². The van der Waals surface area contributed by atoms with Gasteiger partial charge in [0, 0.05) is 17.0 Å². The minimum atomic E-state index is -0.552. The molecule has 0 aliphatic heterocycles. The molecule has 0 saturated heterocycles. The van der Waals surface area contributed by atoms with Crippen molar-refractivity contribution in [1.29, 1.82) is 5.26 Å². The second-order valence-corrected chi connectivity index (χ2v) is 3.93. The van der Waals surface area contributed by atoms with Crippen molar-refractivity contribution in [3.05, 3.63) is 33.9 Å². The number of nitro groups is 1. The Morgan fingerprint density at radius 2 is 2.35 bits per heavy atom. The van der Waals surface area contributed by atoms with E-state index >= 15 is 0 Å². The van der Waals surface area contributed by atoms with E-state index in [9.17, 15) is 14.9 Å². The van der Waals surface area contributed by atoms with E-state index in [2.05, 4.69) is 4.74 Å². The van der Waals surface area contributed by atoms with E-state index in [1.54, 1.807) is 0 Å². The number of thioether (sulfide) groups is 1. The number of nitrogens with zero attached hydrogens (tertiary/aromatic N) is 2. The van der Waals surface area contributed by atoms with Crippen LogP contribution in [-0.2, 0) is 9.53 Å². The van der Waals surface area contributed by atoms with Gasteiger partial charge in [-0.25, -0.2) is 0 Å². The zero-order valence-corrected chi connectivity index (χ0v) is 9.69. The van der Waals surface area contributed by atoms with E-state index in [0.717, 1.165) is 11.8 Å². The van der Waals surface area contributed by atoms with Crippen LogP contribution in [0.4, 0.5) is 5.69 Å². The van der Waals surface area contributed by atoms with Crippen LogP contribution in [0.15, 0.2) is 23.1 Å². The number of carbonyl (C=O) groups excluding carboxylic acids is 1. The highest BCUT2D eigenvalue weighted by atomic mass is 32.2. The van der Waals surface area contributed by atoms with Gasteiger partial charge in [-0.2, -0.15) is 5.26 Å². The highest BCUT2D eigenvalue weighted by Crippen LogP contribution is 2.26. The Morgan fingerprint density at radius 1 is 1.65 bits per heavy atom. The zero-order valence-electron chi connectivity index (χ0n) is 8.87. The van der Waals surface area contributed by atoms with Crippen molar-refractivity contribution in [3.63, 3.8) is 0 Å². The molecule has 0 bridgehead atoms. The fourth-order valence-corrected chi connectivity index (χ4v) is 1.90. The molecule has 0 aliphatic carbocycles. The van der Waals surface area contributed by atoms with Crippen LogP contribution in [0.1, 0.15) is 5.56 Å². The molecular formula is C10H8N2O4S. The van der Waals surface area contributed by atoms with Gasteiger partial charge < -0.3 is 4.74 Å². The SMILES string of the molecule is COC(=O)CSc1cc([N+](=O)[O-])ccc1C#N. The molecule has 7 heteroatoms. The summed E-state index contributed by atoms with van der Waals surface area (Å²) in [6, 6.07) is 5.79. The summed E-state index contributed by atoms with van der Waals surface area (Å²) in [7, 11) is 1.25. The molecule has 0 fully saturated rings. The molecule has 1 aromatic carbocycles. The molecule has 1 rings (SSSR count). The second-order valence-electron chi connectivity index (χ2n) is 2.91. The average Bonchev–Trinajstić information content (AvgIpc) is 2.35. The molecule has 0 amide bonds. The summed E-state index contributed by atoms with van der Waals surface area (Å²) in [4.78, 5) is 21.4. The van der Waals surface area contributed by atoms with Gasteiger partial charge in [-0.05, 0) is 6.07 Å². The highest BCUT2D eigenvalue weighted by Gasteiger charge is 2.12. The number of esters is 1. The molecule has 0 heterocycles. The number of ether oxygens (including phenoxy) is 1. The smallest absolute Gasteiger partial charge is 0.315 e. The van der Waals surface area contributed by atoms with Crippen LogP contribution in [-0.4, -0.2) is 23.8 Å². The minimum absolute atomic E-state index is 0.00630. The number of hydrogen-bond acceptors (Lipinski definition) is 6. The van der Waals surface area contributed by atoms with Crippen molar-refractivity contribution >= 4 is 23.4 Å². The van der Waals surface area contributed by atoms with Gasteiger partial charge in [0.25, 0.3) is 5.69 Å². The maximum absolute atomic E-state index is 10.9. The molecule has 0 saturated carbocycles. The van der Waals surface area contributed by atoms with Gasteiger partial charge in [-0.3, -0.25) is 14.9 Å². The third-order valence-corrected chi connectivity index (χ3v) is 2.90. The first-order chi connectivity index (χ1) is 8.08. The van der Waals surface area contributed by atoms with E-state index in [1.807, 2.05) is 6.07 Å². The maximum atomic E-state index is 10.9. The summed E-state index contributed by atoms with van der Waals surface area (Å²) in [6.07, 6.45) is 0. The summed E-state index contributed by atoms with van der Waals surface area (Å²) in [5.41, 5.74) is 0.181. The Hall–Kier alpha value is -2.07. The highest BCUT2D eigenvalue weighted by molar-refractivity contribution is 8.00. The summed E-state index contributed by atoms with van der Waals surface area (Å²) in [5, 5.41) is 19.4. The molecule has 0 spiro atoms. The van der Waals surface area contributed by atoms with Crippen molar-refractivity contribution in [3.8, 4) is 6.07 Å². The third-order valence-electron chi connectivity index (χ3n) is 1.87.